The Bertz CT molecular complexity index is 2760. The van der Waals surface area contributed by atoms with Crippen molar-refractivity contribution in [3.63, 3.8) is 0 Å². The number of ether oxygens (including phenoxy) is 6. The molecule has 5 rings (SSSR count). The number of allylic oxidation sites excluding steroid dienone is 4. The van der Waals surface area contributed by atoms with Gasteiger partial charge in [0.25, 0.3) is 11.8 Å². The molecule has 2 aromatic rings. The minimum Gasteiger partial charge on any atom is -0.748 e. The fraction of sp³-hybridized carbons (Fsp3) is 0.600. The van der Waals surface area contributed by atoms with Gasteiger partial charge in [-0.2, -0.15) is 4.58 Å². The molecule has 2 amide bonds. The summed E-state index contributed by atoms with van der Waals surface area (Å²) in [7, 11) is -12.8. The van der Waals surface area contributed by atoms with E-state index in [1.54, 1.807) is 20.1 Å². The van der Waals surface area contributed by atoms with E-state index in [1.807, 2.05) is 42.4 Å². The Hall–Kier alpha value is -4.51. The number of imide groups is 1. The zero-order valence-electron chi connectivity index (χ0n) is 43.2. The molecule has 3 aliphatic heterocycles. The van der Waals surface area contributed by atoms with Crippen LogP contribution < -0.4 is 4.90 Å². The van der Waals surface area contributed by atoms with E-state index >= 15 is 0 Å². The third-order valence-electron chi connectivity index (χ3n) is 13.2. The highest BCUT2D eigenvalue weighted by Crippen LogP contribution is 2.52. The van der Waals surface area contributed by atoms with Crippen molar-refractivity contribution in [3.05, 3.63) is 70.9 Å². The highest BCUT2D eigenvalue weighted by atomic mass is 32.2. The van der Waals surface area contributed by atoms with Gasteiger partial charge in [-0.15, -0.1) is 5.06 Å². The molecule has 0 aromatic heterocycles. The van der Waals surface area contributed by atoms with Crippen molar-refractivity contribution in [1.82, 2.24) is 5.06 Å². The van der Waals surface area contributed by atoms with Crippen LogP contribution in [-0.4, -0.2) is 171 Å². The van der Waals surface area contributed by atoms with Gasteiger partial charge in [0, 0.05) is 86.2 Å². The highest BCUT2D eigenvalue weighted by Gasteiger charge is 2.49. The standard InChI is InChI=1S/C50H71N3O19S3/c1-6-51-42-14-12-38(74(60,61)62)35-40(42)49(3,18-10-32-73(57,58)59)44(51)33-37(2)34-45-50(4,19-21-67-24-25-69-28-29-71-31-30-70-27-26-68-23-22-66-5)41-36-39(75(63,64)65)13-15-43(41)52(45)20-9-7-8-11-48(56)72-53-46(54)16-17-47(53)55/h12-15,33-36H,6-11,16-32H2,1-5H3,(H2-,57,58,59,60,61,62,63,64,65)/p-2. The Morgan fingerprint density at radius 2 is 1.23 bits per heavy atom. The van der Waals surface area contributed by atoms with Crippen LogP contribution in [-0.2, 0) is 88.8 Å². The summed E-state index contributed by atoms with van der Waals surface area (Å²) in [6, 6.07) is 8.23. The number of methoxy groups -OCH3 is 1. The number of unbranched alkanes of at least 4 members (excludes halogenated alkanes) is 2. The summed E-state index contributed by atoms with van der Waals surface area (Å²) in [6.07, 6.45) is 5.25. The summed E-state index contributed by atoms with van der Waals surface area (Å²) in [4.78, 5) is 42.7. The van der Waals surface area contributed by atoms with Crippen LogP contribution in [0.4, 0.5) is 11.4 Å². The van der Waals surface area contributed by atoms with Gasteiger partial charge in [0.15, 0.2) is 5.71 Å². The van der Waals surface area contributed by atoms with Gasteiger partial charge in [-0.25, -0.2) is 30.0 Å². The lowest BCUT2D eigenvalue weighted by atomic mass is 9.75. The van der Waals surface area contributed by atoms with E-state index < -0.39 is 74.5 Å². The molecule has 0 saturated carbocycles. The van der Waals surface area contributed by atoms with Gasteiger partial charge < -0.3 is 51.8 Å². The summed E-state index contributed by atoms with van der Waals surface area (Å²) < 4.78 is 145. The molecule has 3 heterocycles. The molecule has 0 aliphatic carbocycles. The molecule has 2 unspecified atom stereocenters. The molecule has 1 saturated heterocycles. The second-order valence-corrected chi connectivity index (χ2v) is 22.9. The van der Waals surface area contributed by atoms with Crippen LogP contribution in [0.15, 0.2) is 69.6 Å². The van der Waals surface area contributed by atoms with E-state index in [-0.39, 0.29) is 58.3 Å². The van der Waals surface area contributed by atoms with Crippen molar-refractivity contribution in [3.8, 4) is 0 Å². The minimum atomic E-state index is -4.91. The van der Waals surface area contributed by atoms with Crippen LogP contribution in [0.5, 0.6) is 0 Å². The zero-order valence-corrected chi connectivity index (χ0v) is 45.7. The number of anilines is 1. The summed E-state index contributed by atoms with van der Waals surface area (Å²) >= 11 is 0. The lowest BCUT2D eigenvalue weighted by molar-refractivity contribution is -0.438. The van der Waals surface area contributed by atoms with Gasteiger partial charge in [-0.05, 0) is 107 Å². The van der Waals surface area contributed by atoms with Crippen molar-refractivity contribution >= 4 is 65.2 Å². The Kier molecular flexibility index (Phi) is 22.7. The highest BCUT2D eigenvalue weighted by molar-refractivity contribution is 7.86. The average molecular weight is 1110 g/mol. The minimum absolute atomic E-state index is 0.0367. The summed E-state index contributed by atoms with van der Waals surface area (Å²) in [5.74, 6) is -2.59. The Balaban J connectivity index is 1.42. The Morgan fingerprint density at radius 1 is 0.693 bits per heavy atom. The molecule has 0 bridgehead atoms. The van der Waals surface area contributed by atoms with Crippen molar-refractivity contribution in [2.45, 2.75) is 106 Å². The number of amides is 2. The first-order valence-electron chi connectivity index (χ1n) is 24.9. The number of hydrogen-bond donors (Lipinski definition) is 0. The van der Waals surface area contributed by atoms with Crippen LogP contribution >= 0.6 is 0 Å². The summed E-state index contributed by atoms with van der Waals surface area (Å²) in [5, 5.41) is 0.500. The van der Waals surface area contributed by atoms with Crippen LogP contribution in [0, 0.1) is 0 Å². The van der Waals surface area contributed by atoms with E-state index in [1.165, 1.54) is 30.3 Å². The quantitative estimate of drug-likeness (QED) is 0.0412. The maximum Gasteiger partial charge on any atom is 0.333 e. The predicted molar refractivity (Wildman–Crippen MR) is 268 cm³/mol. The largest absolute Gasteiger partial charge is 0.748 e. The molecule has 0 spiro atoms. The number of hydroxylamine groups is 2. The molecule has 1 fully saturated rings. The number of likely N-dealkylation sites (N-methyl/N-ethyl adjacent to an activating group) is 1. The first-order valence-corrected chi connectivity index (χ1v) is 29.3. The third kappa shape index (κ3) is 17.0. The van der Waals surface area contributed by atoms with Gasteiger partial charge >= 0.3 is 5.97 Å². The molecule has 418 valence electrons. The maximum atomic E-state index is 12.6. The van der Waals surface area contributed by atoms with Gasteiger partial charge in [0.05, 0.1) is 91.4 Å². The van der Waals surface area contributed by atoms with Gasteiger partial charge in [-0.3, -0.25) is 9.59 Å². The normalized spacial score (nSPS) is 19.7. The number of carbonyl (C=O) groups is 3. The van der Waals surface area contributed by atoms with Gasteiger partial charge in [-0.1, -0.05) is 0 Å². The molecular formula is C50H69N3O19S3-2. The SMILES string of the molecule is CCN1/C(=C/C(C)=C/C2=[N+](CCCCCC(=O)ON3C(=O)CCC3=O)c3ccc(S(=O)(=O)[O-])cc3C2(C)CCOCCOCCOCCOCCOCCOC)C(C)(CCCS(=O)(=O)[O-])c2cc(S(=O)(=O)[O-])ccc21. The molecule has 3 aliphatic rings. The number of fused-ring (bicyclic) bond motifs is 2. The smallest absolute Gasteiger partial charge is 0.333 e. The van der Waals surface area contributed by atoms with Crippen molar-refractivity contribution in [2.75, 3.05) is 104 Å². The summed E-state index contributed by atoms with van der Waals surface area (Å²) in [6.45, 7) is 12.0. The second kappa shape index (κ2) is 27.7. The first kappa shape index (κ1) is 61.3. The van der Waals surface area contributed by atoms with Crippen LogP contribution in [0.25, 0.3) is 0 Å². The number of carbonyl (C=O) groups excluding carboxylic acids is 3. The van der Waals surface area contributed by atoms with E-state index in [0.717, 1.165) is 0 Å². The van der Waals surface area contributed by atoms with Crippen LogP contribution in [0.2, 0.25) is 0 Å². The third-order valence-corrected chi connectivity index (χ3v) is 15.7. The fourth-order valence-corrected chi connectivity index (χ4v) is 10.9. The molecular weight excluding hydrogens is 1040 g/mol. The fourth-order valence-electron chi connectivity index (χ4n) is 9.41. The summed E-state index contributed by atoms with van der Waals surface area (Å²) in [5.41, 5.74) is 2.07. The predicted octanol–water partition coefficient (Wildman–Crippen LogP) is 4.09. The molecule has 2 aromatic carbocycles. The lowest BCUT2D eigenvalue weighted by Gasteiger charge is -2.31. The van der Waals surface area contributed by atoms with Gasteiger partial charge in [0.2, 0.25) is 5.69 Å². The second-order valence-electron chi connectivity index (χ2n) is 18.7. The number of hydrogen-bond acceptors (Lipinski definition) is 20. The lowest BCUT2D eigenvalue weighted by Crippen LogP contribution is -2.33. The Labute approximate surface area is 440 Å². The molecule has 25 heteroatoms. The molecule has 75 heavy (non-hydrogen) atoms. The average Bonchev–Trinajstić information content (AvgIpc) is 3.86. The van der Waals surface area contributed by atoms with Crippen molar-refractivity contribution < 1.29 is 91.1 Å². The number of rotatable bonds is 34. The molecule has 0 N–H and O–H groups in total. The maximum absolute atomic E-state index is 12.6. The molecule has 2 atom stereocenters. The topological polar surface area (TPSA) is 297 Å². The Morgan fingerprint density at radius 3 is 1.76 bits per heavy atom. The van der Waals surface area contributed by atoms with Crippen LogP contribution in [0.1, 0.15) is 96.6 Å². The van der Waals surface area contributed by atoms with Crippen LogP contribution in [0.3, 0.4) is 0 Å². The first-order chi connectivity index (χ1) is 35.4. The molecule has 22 nitrogen and oxygen atoms in total. The number of nitrogens with zero attached hydrogens (tertiary/aromatic N) is 3. The number of benzene rings is 2. The molecule has 0 radical (unpaired) electrons. The van der Waals surface area contributed by atoms with E-state index in [9.17, 15) is 53.3 Å². The van der Waals surface area contributed by atoms with Crippen molar-refractivity contribution in [1.29, 1.82) is 0 Å². The van der Waals surface area contributed by atoms with Crippen molar-refractivity contribution in [2.24, 2.45) is 0 Å². The zero-order chi connectivity index (χ0) is 55.0. The van der Waals surface area contributed by atoms with Gasteiger partial charge in [0.1, 0.15) is 26.8 Å². The van der Waals surface area contributed by atoms with E-state index in [0.29, 0.717) is 130 Å². The van der Waals surface area contributed by atoms with E-state index in [2.05, 4.69) is 0 Å². The van der Waals surface area contributed by atoms with E-state index in [4.69, 9.17) is 33.3 Å². The monoisotopic (exact) mass is 1110 g/mol.